The summed E-state index contributed by atoms with van der Waals surface area (Å²) >= 11 is 0. The highest BCUT2D eigenvalue weighted by Gasteiger charge is 2.53. The van der Waals surface area contributed by atoms with Gasteiger partial charge in [-0.2, -0.15) is 0 Å². The van der Waals surface area contributed by atoms with E-state index in [4.69, 9.17) is 0 Å². The lowest BCUT2D eigenvalue weighted by Crippen LogP contribution is -2.55. The van der Waals surface area contributed by atoms with Gasteiger partial charge in [-0.1, -0.05) is 12.1 Å². The molecule has 1 unspecified atom stereocenters. The summed E-state index contributed by atoms with van der Waals surface area (Å²) in [6.45, 7) is 2.18. The van der Waals surface area contributed by atoms with Crippen molar-refractivity contribution in [2.45, 2.75) is 51.5 Å². The molecule has 5 rings (SSSR count). The second-order valence-electron chi connectivity index (χ2n) is 8.40. The highest BCUT2D eigenvalue weighted by molar-refractivity contribution is 5.91. The van der Waals surface area contributed by atoms with Gasteiger partial charge in [-0.05, 0) is 92.4 Å². The van der Waals surface area contributed by atoms with Crippen molar-refractivity contribution in [3.05, 3.63) is 41.7 Å². The third kappa shape index (κ3) is 3.01. The fraction of sp³-hybridized carbons (Fsp3) is 0.571. The molecule has 1 amide bonds. The van der Waals surface area contributed by atoms with Crippen molar-refractivity contribution in [1.29, 1.82) is 0 Å². The maximum Gasteiger partial charge on any atom is 0.244 e. The third-order valence-corrected chi connectivity index (χ3v) is 6.64. The smallest absolute Gasteiger partial charge is 0.244 e. The van der Waals surface area contributed by atoms with E-state index in [9.17, 15) is 9.18 Å². The van der Waals surface area contributed by atoms with E-state index in [1.54, 1.807) is 18.2 Å². The van der Waals surface area contributed by atoms with Crippen molar-refractivity contribution >= 4 is 12.0 Å². The average Bonchev–Trinajstić information content (AvgIpc) is 2.52. The molecule has 0 spiro atoms. The molecule has 4 saturated carbocycles. The zero-order chi connectivity index (χ0) is 16.7. The SMILES string of the molecule is CC(NC(=O)/C=C/c1cccc(F)c1)C12CC3CC(CC(C3)C1)C2. The van der Waals surface area contributed by atoms with E-state index >= 15 is 0 Å². The van der Waals surface area contributed by atoms with Crippen LogP contribution in [-0.2, 0) is 4.79 Å². The summed E-state index contributed by atoms with van der Waals surface area (Å²) < 4.78 is 13.2. The van der Waals surface area contributed by atoms with Gasteiger partial charge in [-0.25, -0.2) is 4.39 Å². The van der Waals surface area contributed by atoms with Crippen LogP contribution in [0.2, 0.25) is 0 Å². The maximum atomic E-state index is 13.2. The van der Waals surface area contributed by atoms with Crippen LogP contribution in [0.5, 0.6) is 0 Å². The summed E-state index contributed by atoms with van der Waals surface area (Å²) in [6, 6.07) is 6.52. The molecule has 0 aliphatic heterocycles. The molecule has 24 heavy (non-hydrogen) atoms. The van der Waals surface area contributed by atoms with E-state index in [0.29, 0.717) is 11.0 Å². The topological polar surface area (TPSA) is 29.1 Å². The maximum absolute atomic E-state index is 13.2. The number of rotatable bonds is 4. The minimum Gasteiger partial charge on any atom is -0.350 e. The molecule has 4 bridgehead atoms. The number of carbonyl (C=O) groups excluding carboxylic acids is 1. The predicted molar refractivity (Wildman–Crippen MR) is 93.6 cm³/mol. The molecule has 1 aromatic rings. The van der Waals surface area contributed by atoms with Crippen LogP contribution >= 0.6 is 0 Å². The average molecular weight is 327 g/mol. The Labute approximate surface area is 143 Å². The molecule has 0 radical (unpaired) electrons. The highest BCUT2D eigenvalue weighted by Crippen LogP contribution is 2.61. The lowest BCUT2D eigenvalue weighted by Gasteiger charge is -2.59. The molecular weight excluding hydrogens is 301 g/mol. The zero-order valence-electron chi connectivity index (χ0n) is 14.3. The molecule has 1 aromatic carbocycles. The van der Waals surface area contributed by atoms with Crippen LogP contribution in [0.4, 0.5) is 4.39 Å². The largest absolute Gasteiger partial charge is 0.350 e. The Kier molecular flexibility index (Phi) is 3.98. The first kappa shape index (κ1) is 15.9. The molecule has 4 aliphatic rings. The Balaban J connectivity index is 1.41. The Morgan fingerprint density at radius 3 is 2.42 bits per heavy atom. The summed E-state index contributed by atoms with van der Waals surface area (Å²) in [5.74, 6) is 2.32. The van der Waals surface area contributed by atoms with Crippen molar-refractivity contribution in [3.8, 4) is 0 Å². The second kappa shape index (κ2) is 6.02. The van der Waals surface area contributed by atoms with Crippen LogP contribution in [-0.4, -0.2) is 11.9 Å². The first-order valence-corrected chi connectivity index (χ1v) is 9.26. The fourth-order valence-electron chi connectivity index (χ4n) is 5.90. The van der Waals surface area contributed by atoms with Crippen molar-refractivity contribution in [1.82, 2.24) is 5.32 Å². The molecule has 3 heteroatoms. The van der Waals surface area contributed by atoms with Gasteiger partial charge in [0.2, 0.25) is 5.91 Å². The Morgan fingerprint density at radius 2 is 1.83 bits per heavy atom. The Morgan fingerprint density at radius 1 is 1.21 bits per heavy atom. The standard InChI is InChI=1S/C21H26FNO/c1-14(21-11-16-7-17(12-21)9-18(8-16)13-21)23-20(24)6-5-15-3-2-4-19(22)10-15/h2-6,10,14,16-18H,7-9,11-13H2,1H3,(H,23,24)/b6-5+. The lowest BCUT2D eigenvalue weighted by atomic mass is 9.48. The Hall–Kier alpha value is -1.64. The van der Waals surface area contributed by atoms with Gasteiger partial charge in [-0.15, -0.1) is 0 Å². The predicted octanol–water partition coefficient (Wildman–Crippen LogP) is 4.56. The van der Waals surface area contributed by atoms with E-state index in [0.717, 1.165) is 17.8 Å². The summed E-state index contributed by atoms with van der Waals surface area (Å²) in [6.07, 6.45) is 11.3. The number of amides is 1. The van der Waals surface area contributed by atoms with Gasteiger partial charge in [0.05, 0.1) is 0 Å². The normalized spacial score (nSPS) is 35.3. The van der Waals surface area contributed by atoms with E-state index in [1.165, 1.54) is 56.7 Å². The fourth-order valence-corrected chi connectivity index (χ4v) is 5.90. The summed E-state index contributed by atoms with van der Waals surface area (Å²) in [4.78, 5) is 12.3. The third-order valence-electron chi connectivity index (χ3n) is 6.64. The molecule has 1 atom stereocenters. The van der Waals surface area contributed by atoms with Gasteiger partial charge in [0.25, 0.3) is 0 Å². The Bertz CT molecular complexity index is 630. The molecule has 4 aliphatic carbocycles. The van der Waals surface area contributed by atoms with Gasteiger partial charge < -0.3 is 5.32 Å². The van der Waals surface area contributed by atoms with Gasteiger partial charge in [0.1, 0.15) is 5.82 Å². The quantitative estimate of drug-likeness (QED) is 0.807. The number of halogens is 1. The van der Waals surface area contributed by atoms with E-state index in [-0.39, 0.29) is 17.8 Å². The van der Waals surface area contributed by atoms with E-state index < -0.39 is 0 Å². The second-order valence-corrected chi connectivity index (χ2v) is 8.40. The highest BCUT2D eigenvalue weighted by atomic mass is 19.1. The molecule has 4 fully saturated rings. The van der Waals surface area contributed by atoms with Gasteiger partial charge in [-0.3, -0.25) is 4.79 Å². The van der Waals surface area contributed by atoms with Crippen molar-refractivity contribution in [2.24, 2.45) is 23.2 Å². The summed E-state index contributed by atoms with van der Waals surface area (Å²) in [7, 11) is 0. The number of hydrogen-bond acceptors (Lipinski definition) is 1. The van der Waals surface area contributed by atoms with Crippen LogP contribution in [0.3, 0.4) is 0 Å². The molecule has 0 saturated heterocycles. The molecule has 2 nitrogen and oxygen atoms in total. The van der Waals surface area contributed by atoms with Gasteiger partial charge in [0.15, 0.2) is 0 Å². The minimum absolute atomic E-state index is 0.0671. The van der Waals surface area contributed by atoms with E-state index in [2.05, 4.69) is 12.2 Å². The van der Waals surface area contributed by atoms with Gasteiger partial charge >= 0.3 is 0 Å². The molecular formula is C21H26FNO. The minimum atomic E-state index is -0.278. The van der Waals surface area contributed by atoms with Crippen LogP contribution < -0.4 is 5.32 Å². The van der Waals surface area contributed by atoms with E-state index in [1.807, 2.05) is 0 Å². The van der Waals surface area contributed by atoms with Crippen LogP contribution in [0.15, 0.2) is 30.3 Å². The van der Waals surface area contributed by atoms with Crippen molar-refractivity contribution in [3.63, 3.8) is 0 Å². The van der Waals surface area contributed by atoms with Crippen LogP contribution in [0.25, 0.3) is 6.08 Å². The molecule has 128 valence electrons. The number of carbonyl (C=O) groups is 1. The van der Waals surface area contributed by atoms with Crippen molar-refractivity contribution in [2.75, 3.05) is 0 Å². The number of benzene rings is 1. The molecule has 0 heterocycles. The first-order chi connectivity index (χ1) is 11.5. The first-order valence-electron chi connectivity index (χ1n) is 9.26. The monoisotopic (exact) mass is 327 g/mol. The summed E-state index contributed by atoms with van der Waals surface area (Å²) in [5, 5.41) is 3.20. The zero-order valence-corrected chi connectivity index (χ0v) is 14.3. The van der Waals surface area contributed by atoms with Crippen LogP contribution in [0.1, 0.15) is 51.0 Å². The molecule has 0 aromatic heterocycles. The van der Waals surface area contributed by atoms with Gasteiger partial charge in [0, 0.05) is 12.1 Å². The number of nitrogens with one attached hydrogen (secondary N) is 1. The number of hydrogen-bond donors (Lipinski definition) is 1. The molecule has 1 N–H and O–H groups in total. The van der Waals surface area contributed by atoms with Crippen LogP contribution in [0, 0.1) is 29.0 Å². The van der Waals surface area contributed by atoms with Crippen molar-refractivity contribution < 1.29 is 9.18 Å². The lowest BCUT2D eigenvalue weighted by molar-refractivity contribution is -0.121. The summed E-state index contributed by atoms with van der Waals surface area (Å²) in [5.41, 5.74) is 1.03.